The molecule has 1 heterocycles. The summed E-state index contributed by atoms with van der Waals surface area (Å²) in [6.45, 7) is -0.837. The summed E-state index contributed by atoms with van der Waals surface area (Å²) in [5, 5.41) is 19.3. The van der Waals surface area contributed by atoms with Crippen LogP contribution in [-0.2, 0) is 0 Å². The Bertz CT molecular complexity index is 533. The van der Waals surface area contributed by atoms with Crippen molar-refractivity contribution < 1.29 is 23.6 Å². The number of hydrogen-bond donors (Lipinski definition) is 1. The van der Waals surface area contributed by atoms with Crippen molar-refractivity contribution in [3.05, 3.63) is 39.9 Å². The predicted octanol–water partition coefficient (Wildman–Crippen LogP) is 2.70. The summed E-state index contributed by atoms with van der Waals surface area (Å²) in [7, 11) is 0. The van der Waals surface area contributed by atoms with Crippen LogP contribution in [0.3, 0.4) is 0 Å². The van der Waals surface area contributed by atoms with Gasteiger partial charge in [-0.25, -0.2) is 13.6 Å². The van der Waals surface area contributed by atoms with E-state index in [2.05, 4.69) is 0 Å². The molecule has 8 heteroatoms. The number of non-ortho nitro benzene ring substituents is 1. The van der Waals surface area contributed by atoms with Crippen LogP contribution in [0.5, 0.6) is 0 Å². The minimum Gasteiger partial charge on any atom is -0.465 e. The van der Waals surface area contributed by atoms with Crippen LogP contribution in [0, 0.1) is 10.1 Å². The molecule has 1 atom stereocenters. The van der Waals surface area contributed by atoms with Crippen LogP contribution in [0.4, 0.5) is 19.3 Å². The van der Waals surface area contributed by atoms with Gasteiger partial charge in [0.15, 0.2) is 0 Å². The van der Waals surface area contributed by atoms with Crippen molar-refractivity contribution in [1.29, 1.82) is 0 Å². The molecule has 1 aliphatic rings. The lowest BCUT2D eigenvalue weighted by Gasteiger charge is -2.37. The number of benzene rings is 1. The van der Waals surface area contributed by atoms with Crippen molar-refractivity contribution in [2.75, 3.05) is 13.1 Å². The van der Waals surface area contributed by atoms with E-state index in [0.717, 1.165) is 0 Å². The number of likely N-dealkylation sites (tertiary alicyclic amines) is 1. The van der Waals surface area contributed by atoms with Crippen LogP contribution in [0.15, 0.2) is 24.3 Å². The van der Waals surface area contributed by atoms with E-state index in [1.165, 1.54) is 24.3 Å². The number of carbonyl (C=O) groups is 1. The molecular weight excluding hydrogens is 274 g/mol. The van der Waals surface area contributed by atoms with E-state index in [0.29, 0.717) is 4.90 Å². The van der Waals surface area contributed by atoms with Crippen molar-refractivity contribution in [1.82, 2.24) is 4.90 Å². The number of amides is 1. The second-order valence-corrected chi connectivity index (χ2v) is 4.66. The molecule has 1 fully saturated rings. The SMILES string of the molecule is O=C(O)N1CCC(c2ccc([N+](=O)[O-])cc2)C(F)(F)C1. The molecule has 6 nitrogen and oxygen atoms in total. The van der Waals surface area contributed by atoms with E-state index >= 15 is 0 Å². The monoisotopic (exact) mass is 286 g/mol. The van der Waals surface area contributed by atoms with E-state index in [-0.39, 0.29) is 24.2 Å². The Hall–Kier alpha value is -2.25. The molecule has 20 heavy (non-hydrogen) atoms. The number of alkyl halides is 2. The van der Waals surface area contributed by atoms with E-state index in [1.54, 1.807) is 0 Å². The Morgan fingerprint density at radius 3 is 2.45 bits per heavy atom. The maximum absolute atomic E-state index is 14.0. The summed E-state index contributed by atoms with van der Waals surface area (Å²) in [4.78, 5) is 21.3. The second-order valence-electron chi connectivity index (χ2n) is 4.66. The minimum atomic E-state index is -3.19. The van der Waals surface area contributed by atoms with Crippen molar-refractivity contribution in [2.24, 2.45) is 0 Å². The van der Waals surface area contributed by atoms with Gasteiger partial charge in [-0.05, 0) is 12.0 Å². The normalized spacial score (nSPS) is 21.5. The first-order chi connectivity index (χ1) is 9.31. The topological polar surface area (TPSA) is 83.7 Å². The maximum Gasteiger partial charge on any atom is 0.407 e. The fourth-order valence-electron chi connectivity index (χ4n) is 2.34. The second kappa shape index (κ2) is 5.03. The quantitative estimate of drug-likeness (QED) is 0.669. The molecule has 0 saturated carbocycles. The first-order valence-corrected chi connectivity index (χ1v) is 5.91. The van der Waals surface area contributed by atoms with Gasteiger partial charge in [-0.1, -0.05) is 12.1 Å². The third-order valence-corrected chi connectivity index (χ3v) is 3.38. The number of piperidine rings is 1. The lowest BCUT2D eigenvalue weighted by atomic mass is 9.86. The van der Waals surface area contributed by atoms with Gasteiger partial charge < -0.3 is 10.0 Å². The van der Waals surface area contributed by atoms with Gasteiger partial charge in [-0.3, -0.25) is 10.1 Å². The van der Waals surface area contributed by atoms with Gasteiger partial charge in [0.25, 0.3) is 11.6 Å². The lowest BCUT2D eigenvalue weighted by molar-refractivity contribution is -0.384. The average molecular weight is 286 g/mol. The minimum absolute atomic E-state index is 0.0168. The zero-order valence-electron chi connectivity index (χ0n) is 10.3. The predicted molar refractivity (Wildman–Crippen MR) is 65.0 cm³/mol. The number of rotatable bonds is 2. The molecular formula is C12H12F2N2O4. The molecule has 0 aliphatic carbocycles. The van der Waals surface area contributed by atoms with Gasteiger partial charge >= 0.3 is 6.09 Å². The number of hydrogen-bond acceptors (Lipinski definition) is 3. The molecule has 1 aromatic carbocycles. The number of nitro benzene ring substituents is 1. The summed E-state index contributed by atoms with van der Waals surface area (Å²) in [5.74, 6) is -4.31. The molecule has 2 rings (SSSR count). The molecule has 1 saturated heterocycles. The largest absolute Gasteiger partial charge is 0.465 e. The Labute approximate surface area is 112 Å². The molecule has 1 aliphatic heterocycles. The number of carboxylic acid groups (broad SMARTS) is 1. The molecule has 1 aromatic rings. The third-order valence-electron chi connectivity index (χ3n) is 3.38. The highest BCUT2D eigenvalue weighted by Gasteiger charge is 2.46. The van der Waals surface area contributed by atoms with Crippen LogP contribution in [-0.4, -0.2) is 40.0 Å². The molecule has 0 spiro atoms. The smallest absolute Gasteiger partial charge is 0.407 e. The standard InChI is InChI=1S/C12H12F2N2O4/c13-12(14)7-15(11(17)18)6-5-10(12)8-1-3-9(4-2-8)16(19)20/h1-4,10H,5-7H2,(H,17,18). The van der Waals surface area contributed by atoms with Crippen molar-refractivity contribution in [3.8, 4) is 0 Å². The summed E-state index contributed by atoms with van der Waals surface area (Å²) in [5.41, 5.74) is 0.116. The fraction of sp³-hybridized carbons (Fsp3) is 0.417. The van der Waals surface area contributed by atoms with Crippen molar-refractivity contribution in [2.45, 2.75) is 18.3 Å². The average Bonchev–Trinajstić information content (AvgIpc) is 2.37. The molecule has 0 bridgehead atoms. The van der Waals surface area contributed by atoms with Gasteiger partial charge in [0, 0.05) is 18.7 Å². The summed E-state index contributed by atoms with van der Waals surface area (Å²) in [6.07, 6.45) is -1.39. The Morgan fingerprint density at radius 2 is 2.00 bits per heavy atom. The molecule has 0 aromatic heterocycles. The number of nitro groups is 1. The van der Waals surface area contributed by atoms with E-state index < -0.39 is 29.4 Å². The summed E-state index contributed by atoms with van der Waals surface area (Å²) >= 11 is 0. The fourth-order valence-corrected chi connectivity index (χ4v) is 2.34. The van der Waals surface area contributed by atoms with Crippen LogP contribution >= 0.6 is 0 Å². The zero-order chi connectivity index (χ0) is 14.9. The van der Waals surface area contributed by atoms with Crippen molar-refractivity contribution >= 4 is 11.8 Å². The van der Waals surface area contributed by atoms with Gasteiger partial charge in [0.2, 0.25) is 0 Å². The van der Waals surface area contributed by atoms with E-state index in [9.17, 15) is 23.7 Å². The van der Waals surface area contributed by atoms with E-state index in [4.69, 9.17) is 5.11 Å². The maximum atomic E-state index is 14.0. The molecule has 1 amide bonds. The molecule has 1 unspecified atom stereocenters. The number of nitrogens with zero attached hydrogens (tertiary/aromatic N) is 2. The summed E-state index contributed by atoms with van der Waals surface area (Å²) < 4.78 is 28.0. The van der Waals surface area contributed by atoms with Crippen LogP contribution in [0.2, 0.25) is 0 Å². The number of halogens is 2. The summed E-state index contributed by atoms with van der Waals surface area (Å²) in [6, 6.07) is 4.95. The van der Waals surface area contributed by atoms with Crippen molar-refractivity contribution in [3.63, 3.8) is 0 Å². The highest BCUT2D eigenvalue weighted by Crippen LogP contribution is 2.40. The molecule has 0 radical (unpaired) electrons. The van der Waals surface area contributed by atoms with Crippen LogP contribution in [0.25, 0.3) is 0 Å². The van der Waals surface area contributed by atoms with Gasteiger partial charge in [0.05, 0.1) is 17.4 Å². The highest BCUT2D eigenvalue weighted by atomic mass is 19.3. The van der Waals surface area contributed by atoms with Gasteiger partial charge in [-0.15, -0.1) is 0 Å². The Balaban J connectivity index is 2.20. The molecule has 1 N–H and O–H groups in total. The highest BCUT2D eigenvalue weighted by molar-refractivity contribution is 5.65. The molecule has 108 valence electrons. The van der Waals surface area contributed by atoms with Gasteiger partial charge in [-0.2, -0.15) is 0 Å². The first-order valence-electron chi connectivity index (χ1n) is 5.91. The Kier molecular flexibility index (Phi) is 3.56. The third kappa shape index (κ3) is 2.68. The van der Waals surface area contributed by atoms with Crippen LogP contribution < -0.4 is 0 Å². The van der Waals surface area contributed by atoms with E-state index in [1.807, 2.05) is 0 Å². The zero-order valence-corrected chi connectivity index (χ0v) is 10.3. The van der Waals surface area contributed by atoms with Crippen LogP contribution in [0.1, 0.15) is 17.9 Å². The first kappa shape index (κ1) is 14.2. The van der Waals surface area contributed by atoms with Gasteiger partial charge in [0.1, 0.15) is 0 Å². The lowest BCUT2D eigenvalue weighted by Crippen LogP contribution is -2.49. The Morgan fingerprint density at radius 1 is 1.40 bits per heavy atom.